The summed E-state index contributed by atoms with van der Waals surface area (Å²) in [4.78, 5) is 24.2. The topological polar surface area (TPSA) is 97.2 Å². The van der Waals surface area contributed by atoms with E-state index in [1.807, 2.05) is 6.20 Å². The molecule has 2 aromatic heterocycles. The molecule has 1 aliphatic heterocycles. The first-order chi connectivity index (χ1) is 12.1. The van der Waals surface area contributed by atoms with E-state index < -0.39 is 4.92 Å². The van der Waals surface area contributed by atoms with Crippen LogP contribution in [0.2, 0.25) is 5.28 Å². The Morgan fingerprint density at radius 3 is 2.84 bits per heavy atom. The van der Waals surface area contributed by atoms with Gasteiger partial charge in [0.2, 0.25) is 11.2 Å². The van der Waals surface area contributed by atoms with Crippen LogP contribution < -0.4 is 9.64 Å². The van der Waals surface area contributed by atoms with E-state index in [1.54, 1.807) is 12.1 Å². The maximum Gasteiger partial charge on any atom is 0.273 e. The van der Waals surface area contributed by atoms with Crippen molar-refractivity contribution in [1.82, 2.24) is 15.0 Å². The van der Waals surface area contributed by atoms with Crippen molar-refractivity contribution in [3.8, 4) is 11.6 Å². The number of aromatic nitrogens is 3. The van der Waals surface area contributed by atoms with E-state index in [4.69, 9.17) is 16.3 Å². The molecule has 0 amide bonds. The van der Waals surface area contributed by atoms with Gasteiger partial charge in [-0.15, -0.1) is 0 Å². The smallest absolute Gasteiger partial charge is 0.273 e. The quantitative estimate of drug-likeness (QED) is 0.431. The van der Waals surface area contributed by atoms with Crippen molar-refractivity contribution in [3.05, 3.63) is 45.9 Å². The number of ether oxygens (including phenoxy) is 1. The van der Waals surface area contributed by atoms with Crippen LogP contribution >= 0.6 is 11.6 Å². The SMILES string of the molecule is O=[N+]([O-])c1cccc(Oc2nc(Cl)nc3[nH]cc(N4CCCC4)c23)c1. The normalized spacial score (nSPS) is 14.2. The first kappa shape index (κ1) is 15.6. The largest absolute Gasteiger partial charge is 0.438 e. The lowest BCUT2D eigenvalue weighted by Crippen LogP contribution is -2.17. The fourth-order valence-electron chi connectivity index (χ4n) is 3.01. The van der Waals surface area contributed by atoms with Crippen molar-refractivity contribution in [2.24, 2.45) is 0 Å². The minimum absolute atomic E-state index is 0.0442. The van der Waals surface area contributed by atoms with Crippen LogP contribution in [0.1, 0.15) is 12.8 Å². The van der Waals surface area contributed by atoms with E-state index in [0.717, 1.165) is 37.0 Å². The number of hydrogen-bond donors (Lipinski definition) is 1. The van der Waals surface area contributed by atoms with Gasteiger partial charge in [-0.25, -0.2) is 0 Å². The number of nitrogens with zero attached hydrogens (tertiary/aromatic N) is 4. The molecular weight excluding hydrogens is 346 g/mol. The summed E-state index contributed by atoms with van der Waals surface area (Å²) in [6.45, 7) is 1.90. The summed E-state index contributed by atoms with van der Waals surface area (Å²) in [5.41, 5.74) is 1.47. The second kappa shape index (κ2) is 6.21. The van der Waals surface area contributed by atoms with Crippen LogP contribution in [0.5, 0.6) is 11.6 Å². The van der Waals surface area contributed by atoms with E-state index in [1.165, 1.54) is 12.1 Å². The first-order valence-corrected chi connectivity index (χ1v) is 8.21. The third-order valence-electron chi connectivity index (χ3n) is 4.14. The number of nitro benzene ring substituents is 1. The standard InChI is InChI=1S/C16H14ClN5O3/c17-16-19-14-13(12(9-18-14)21-6-1-2-7-21)15(20-16)25-11-5-3-4-10(8-11)22(23)24/h3-5,8-9H,1-2,6-7H2,(H,18,19,20). The summed E-state index contributed by atoms with van der Waals surface area (Å²) in [6, 6.07) is 5.95. The van der Waals surface area contributed by atoms with Gasteiger partial charge < -0.3 is 14.6 Å². The van der Waals surface area contributed by atoms with Crippen LogP contribution in [0.15, 0.2) is 30.5 Å². The molecule has 9 heteroatoms. The van der Waals surface area contributed by atoms with Crippen LogP contribution in [0.25, 0.3) is 11.0 Å². The zero-order chi connectivity index (χ0) is 17.4. The number of benzene rings is 1. The van der Waals surface area contributed by atoms with E-state index >= 15 is 0 Å². The molecule has 0 aliphatic carbocycles. The van der Waals surface area contributed by atoms with Gasteiger partial charge in [-0.2, -0.15) is 9.97 Å². The number of halogens is 1. The Morgan fingerprint density at radius 2 is 2.08 bits per heavy atom. The average Bonchev–Trinajstić information content (AvgIpc) is 3.23. The molecule has 4 rings (SSSR count). The second-order valence-electron chi connectivity index (χ2n) is 5.75. The first-order valence-electron chi connectivity index (χ1n) is 7.84. The number of fused-ring (bicyclic) bond motifs is 1. The Labute approximate surface area is 147 Å². The van der Waals surface area contributed by atoms with Gasteiger partial charge in [0.05, 0.1) is 16.7 Å². The van der Waals surface area contributed by atoms with Crippen molar-refractivity contribution in [1.29, 1.82) is 0 Å². The number of H-pyrrole nitrogens is 1. The van der Waals surface area contributed by atoms with Gasteiger partial charge in [0.25, 0.3) is 5.69 Å². The Kier molecular flexibility index (Phi) is 3.89. The molecule has 1 fully saturated rings. The summed E-state index contributed by atoms with van der Waals surface area (Å²) in [5.74, 6) is 0.595. The highest BCUT2D eigenvalue weighted by Crippen LogP contribution is 2.37. The minimum atomic E-state index is -0.471. The molecule has 8 nitrogen and oxygen atoms in total. The molecule has 0 saturated carbocycles. The van der Waals surface area contributed by atoms with Gasteiger partial charge in [0, 0.05) is 25.4 Å². The molecule has 3 aromatic rings. The van der Waals surface area contributed by atoms with Gasteiger partial charge >= 0.3 is 0 Å². The highest BCUT2D eigenvalue weighted by atomic mass is 35.5. The molecule has 1 N–H and O–H groups in total. The number of aromatic amines is 1. The monoisotopic (exact) mass is 359 g/mol. The molecule has 128 valence electrons. The van der Waals surface area contributed by atoms with E-state index in [0.29, 0.717) is 11.4 Å². The third kappa shape index (κ3) is 2.96. The molecule has 0 radical (unpaired) electrons. The molecule has 1 aromatic carbocycles. The van der Waals surface area contributed by atoms with Gasteiger partial charge in [0.15, 0.2) is 0 Å². The third-order valence-corrected chi connectivity index (χ3v) is 4.31. The molecular formula is C16H14ClN5O3. The molecule has 0 spiro atoms. The molecule has 0 bridgehead atoms. The Morgan fingerprint density at radius 1 is 1.28 bits per heavy atom. The highest BCUT2D eigenvalue weighted by Gasteiger charge is 2.22. The van der Waals surface area contributed by atoms with Gasteiger partial charge in [-0.1, -0.05) is 6.07 Å². The van der Waals surface area contributed by atoms with Crippen LogP contribution in [0.3, 0.4) is 0 Å². The lowest BCUT2D eigenvalue weighted by atomic mass is 10.3. The predicted molar refractivity (Wildman–Crippen MR) is 93.5 cm³/mol. The van der Waals surface area contributed by atoms with Crippen molar-refractivity contribution in [3.63, 3.8) is 0 Å². The molecule has 0 atom stereocenters. The van der Waals surface area contributed by atoms with Crippen LogP contribution in [-0.2, 0) is 0 Å². The Balaban J connectivity index is 1.79. The molecule has 1 saturated heterocycles. The van der Waals surface area contributed by atoms with Crippen LogP contribution in [0, 0.1) is 10.1 Å². The van der Waals surface area contributed by atoms with E-state index in [2.05, 4.69) is 19.9 Å². The maximum atomic E-state index is 11.0. The van der Waals surface area contributed by atoms with Crippen LogP contribution in [0.4, 0.5) is 11.4 Å². The number of nitro groups is 1. The fraction of sp³-hybridized carbons (Fsp3) is 0.250. The molecule has 3 heterocycles. The summed E-state index contributed by atoms with van der Waals surface area (Å²) in [6.07, 6.45) is 4.12. The summed E-state index contributed by atoms with van der Waals surface area (Å²) in [5, 5.41) is 11.7. The summed E-state index contributed by atoms with van der Waals surface area (Å²) in [7, 11) is 0. The van der Waals surface area contributed by atoms with E-state index in [9.17, 15) is 10.1 Å². The van der Waals surface area contributed by atoms with Gasteiger partial charge in [0.1, 0.15) is 16.8 Å². The van der Waals surface area contributed by atoms with E-state index in [-0.39, 0.29) is 16.9 Å². The molecule has 1 aliphatic rings. The fourth-order valence-corrected chi connectivity index (χ4v) is 3.17. The van der Waals surface area contributed by atoms with Crippen molar-refractivity contribution >= 4 is 34.0 Å². The Bertz CT molecular complexity index is 952. The lowest BCUT2D eigenvalue weighted by Gasteiger charge is -2.17. The molecule has 25 heavy (non-hydrogen) atoms. The number of hydrogen-bond acceptors (Lipinski definition) is 6. The zero-order valence-electron chi connectivity index (χ0n) is 13.1. The van der Waals surface area contributed by atoms with Gasteiger partial charge in [-0.3, -0.25) is 10.1 Å². The number of non-ortho nitro benzene ring substituents is 1. The predicted octanol–water partition coefficient (Wildman–Crippen LogP) is 3.91. The number of anilines is 1. The minimum Gasteiger partial charge on any atom is -0.438 e. The molecule has 0 unspecified atom stereocenters. The van der Waals surface area contributed by atoms with Crippen molar-refractivity contribution < 1.29 is 9.66 Å². The summed E-state index contributed by atoms with van der Waals surface area (Å²) >= 11 is 6.00. The van der Waals surface area contributed by atoms with Gasteiger partial charge in [-0.05, 0) is 30.5 Å². The highest BCUT2D eigenvalue weighted by molar-refractivity contribution is 6.28. The lowest BCUT2D eigenvalue weighted by molar-refractivity contribution is -0.384. The van der Waals surface area contributed by atoms with Crippen LogP contribution in [-0.4, -0.2) is 33.0 Å². The zero-order valence-corrected chi connectivity index (χ0v) is 13.9. The van der Waals surface area contributed by atoms with Crippen molar-refractivity contribution in [2.75, 3.05) is 18.0 Å². The summed E-state index contributed by atoms with van der Waals surface area (Å²) < 4.78 is 5.84. The van der Waals surface area contributed by atoms with Crippen molar-refractivity contribution in [2.45, 2.75) is 12.8 Å². The number of rotatable bonds is 4. The second-order valence-corrected chi connectivity index (χ2v) is 6.08. The average molecular weight is 360 g/mol. The Hall–Kier alpha value is -2.87. The number of nitrogens with one attached hydrogen (secondary N) is 1. The maximum absolute atomic E-state index is 11.0.